The van der Waals surface area contributed by atoms with Crippen LogP contribution in [0.5, 0.6) is 5.75 Å². The second-order valence-corrected chi connectivity index (χ2v) is 4.31. The Balaban J connectivity index is 2.16. The highest BCUT2D eigenvalue weighted by Gasteiger charge is 2.43. The number of hydrogen-bond donors (Lipinski definition) is 3. The van der Waals surface area contributed by atoms with E-state index in [0.29, 0.717) is 11.3 Å². The summed E-state index contributed by atoms with van der Waals surface area (Å²) in [7, 11) is 0. The number of amides is 4. The van der Waals surface area contributed by atoms with E-state index >= 15 is 0 Å². The average molecular weight is 263 g/mol. The quantitative estimate of drug-likeness (QED) is 0.642. The number of rotatable bonds is 4. The number of hydrogen-bond acceptors (Lipinski definition) is 4. The molecule has 2 rings (SSSR count). The lowest BCUT2D eigenvalue weighted by atomic mass is 9.92. The smallest absolute Gasteiger partial charge is 0.322 e. The maximum atomic E-state index is 11.7. The van der Waals surface area contributed by atoms with Gasteiger partial charge in [0, 0.05) is 0 Å². The summed E-state index contributed by atoms with van der Waals surface area (Å²) in [6.45, 7) is 1.39. The van der Waals surface area contributed by atoms with Gasteiger partial charge in [-0.25, -0.2) is 4.79 Å². The first-order valence-corrected chi connectivity index (χ1v) is 5.57. The maximum Gasteiger partial charge on any atom is 0.322 e. The van der Waals surface area contributed by atoms with Crippen LogP contribution in [0.4, 0.5) is 4.79 Å². The first-order chi connectivity index (χ1) is 8.91. The van der Waals surface area contributed by atoms with Crippen molar-refractivity contribution in [3.8, 4) is 5.75 Å². The second-order valence-electron chi connectivity index (χ2n) is 4.31. The van der Waals surface area contributed by atoms with E-state index in [1.807, 2.05) is 0 Å². The van der Waals surface area contributed by atoms with Crippen molar-refractivity contribution in [3.05, 3.63) is 29.8 Å². The molecule has 1 atom stereocenters. The fourth-order valence-electron chi connectivity index (χ4n) is 1.79. The maximum absolute atomic E-state index is 11.7. The molecule has 7 heteroatoms. The van der Waals surface area contributed by atoms with Gasteiger partial charge in [0.2, 0.25) is 0 Å². The van der Waals surface area contributed by atoms with Crippen LogP contribution in [-0.4, -0.2) is 24.5 Å². The van der Waals surface area contributed by atoms with Crippen molar-refractivity contribution in [3.63, 3.8) is 0 Å². The minimum atomic E-state index is -1.10. The van der Waals surface area contributed by atoms with Gasteiger partial charge in [0.05, 0.1) is 0 Å². The minimum absolute atomic E-state index is 0.214. The molecule has 1 aliphatic rings. The Labute approximate surface area is 109 Å². The molecule has 1 fully saturated rings. The number of nitrogens with one attached hydrogen (secondary N) is 2. The molecule has 100 valence electrons. The third-order valence-electron chi connectivity index (χ3n) is 2.86. The Morgan fingerprint density at radius 3 is 2.42 bits per heavy atom. The van der Waals surface area contributed by atoms with Crippen molar-refractivity contribution >= 4 is 17.8 Å². The molecule has 0 bridgehead atoms. The van der Waals surface area contributed by atoms with Crippen LogP contribution in [0.25, 0.3) is 0 Å². The third-order valence-corrected chi connectivity index (χ3v) is 2.86. The van der Waals surface area contributed by atoms with Gasteiger partial charge in [0.15, 0.2) is 6.61 Å². The zero-order chi connectivity index (χ0) is 14.0. The van der Waals surface area contributed by atoms with Crippen LogP contribution in [0, 0.1) is 0 Å². The molecule has 1 heterocycles. The molecule has 0 radical (unpaired) electrons. The molecule has 1 aromatic carbocycles. The van der Waals surface area contributed by atoms with Crippen molar-refractivity contribution in [2.45, 2.75) is 12.5 Å². The van der Waals surface area contributed by atoms with E-state index in [2.05, 4.69) is 10.6 Å². The highest BCUT2D eigenvalue weighted by Crippen LogP contribution is 2.26. The molecule has 0 aliphatic carbocycles. The predicted octanol–water partition coefficient (Wildman–Crippen LogP) is -0.395. The Bertz CT molecular complexity index is 540. The van der Waals surface area contributed by atoms with E-state index < -0.39 is 23.4 Å². The highest BCUT2D eigenvalue weighted by atomic mass is 16.5. The normalized spacial score (nSPS) is 21.7. The molecule has 0 saturated carbocycles. The summed E-state index contributed by atoms with van der Waals surface area (Å²) in [6, 6.07) is 5.95. The minimum Gasteiger partial charge on any atom is -0.484 e. The second kappa shape index (κ2) is 4.60. The number of carbonyl (C=O) groups excluding carboxylic acids is 3. The third kappa shape index (κ3) is 2.49. The molecule has 1 aliphatic heterocycles. The van der Waals surface area contributed by atoms with Gasteiger partial charge >= 0.3 is 6.03 Å². The number of imide groups is 1. The van der Waals surface area contributed by atoms with Crippen LogP contribution >= 0.6 is 0 Å². The van der Waals surface area contributed by atoms with E-state index in [9.17, 15) is 14.4 Å². The average Bonchev–Trinajstić information content (AvgIpc) is 2.62. The van der Waals surface area contributed by atoms with Crippen molar-refractivity contribution in [2.75, 3.05) is 6.61 Å². The molecule has 19 heavy (non-hydrogen) atoms. The molecule has 4 amide bonds. The van der Waals surface area contributed by atoms with Crippen LogP contribution in [-0.2, 0) is 15.1 Å². The molecule has 7 nitrogen and oxygen atoms in total. The number of urea groups is 1. The number of benzene rings is 1. The van der Waals surface area contributed by atoms with Gasteiger partial charge in [-0.1, -0.05) is 12.1 Å². The van der Waals surface area contributed by atoms with E-state index in [0.717, 1.165) is 0 Å². The number of nitrogens with two attached hydrogens (primary N) is 1. The largest absolute Gasteiger partial charge is 0.484 e. The standard InChI is InChI=1S/C12H13N3O4/c1-12(10(17)14-11(18)15-12)7-2-4-8(5-3-7)19-6-9(13)16/h2-5H,6H2,1H3,(H2,13,16)(H2,14,15,17,18)/t12-/m1/s1. The van der Waals surface area contributed by atoms with Crippen LogP contribution < -0.4 is 21.1 Å². The number of carbonyl (C=O) groups is 3. The molecule has 1 saturated heterocycles. The van der Waals surface area contributed by atoms with Crippen LogP contribution in [0.1, 0.15) is 12.5 Å². The molecule has 0 aromatic heterocycles. The lowest BCUT2D eigenvalue weighted by Gasteiger charge is -2.21. The zero-order valence-corrected chi connectivity index (χ0v) is 10.2. The van der Waals surface area contributed by atoms with Gasteiger partial charge in [-0.05, 0) is 24.6 Å². The topological polar surface area (TPSA) is 111 Å². The molecular weight excluding hydrogens is 250 g/mol. The SMILES string of the molecule is C[C@]1(c2ccc(OCC(N)=O)cc2)NC(=O)NC1=O. The summed E-state index contributed by atoms with van der Waals surface area (Å²) in [6.07, 6.45) is 0. The van der Waals surface area contributed by atoms with E-state index in [-0.39, 0.29) is 6.61 Å². The van der Waals surface area contributed by atoms with Gasteiger partial charge in [-0.15, -0.1) is 0 Å². The first-order valence-electron chi connectivity index (χ1n) is 5.57. The lowest BCUT2D eigenvalue weighted by Crippen LogP contribution is -2.40. The fraction of sp³-hybridized carbons (Fsp3) is 0.250. The lowest BCUT2D eigenvalue weighted by molar-refractivity contribution is -0.123. The van der Waals surface area contributed by atoms with E-state index in [4.69, 9.17) is 10.5 Å². The molecule has 4 N–H and O–H groups in total. The van der Waals surface area contributed by atoms with Crippen molar-refractivity contribution in [1.82, 2.24) is 10.6 Å². The summed E-state index contributed by atoms with van der Waals surface area (Å²) in [5.74, 6) is -0.530. The Morgan fingerprint density at radius 1 is 1.32 bits per heavy atom. The van der Waals surface area contributed by atoms with Gasteiger partial charge in [0.1, 0.15) is 11.3 Å². The Hall–Kier alpha value is -2.57. The molecule has 0 spiro atoms. The summed E-state index contributed by atoms with van der Waals surface area (Å²) in [5, 5.41) is 4.73. The molecule has 1 aromatic rings. The number of primary amides is 1. The van der Waals surface area contributed by atoms with Gasteiger partial charge in [-0.2, -0.15) is 0 Å². The fourth-order valence-corrected chi connectivity index (χ4v) is 1.79. The summed E-state index contributed by atoms with van der Waals surface area (Å²) in [5.41, 5.74) is 4.48. The van der Waals surface area contributed by atoms with E-state index in [1.54, 1.807) is 31.2 Å². The zero-order valence-electron chi connectivity index (χ0n) is 10.2. The van der Waals surface area contributed by atoms with Crippen molar-refractivity contribution in [2.24, 2.45) is 5.73 Å². The van der Waals surface area contributed by atoms with E-state index in [1.165, 1.54) is 0 Å². The van der Waals surface area contributed by atoms with Crippen LogP contribution in [0.15, 0.2) is 24.3 Å². The first kappa shape index (κ1) is 12.9. The van der Waals surface area contributed by atoms with Gasteiger partial charge in [0.25, 0.3) is 11.8 Å². The highest BCUT2D eigenvalue weighted by molar-refractivity contribution is 6.07. The predicted molar refractivity (Wildman–Crippen MR) is 65.2 cm³/mol. The van der Waals surface area contributed by atoms with Crippen LogP contribution in [0.2, 0.25) is 0 Å². The van der Waals surface area contributed by atoms with Crippen LogP contribution in [0.3, 0.4) is 0 Å². The molecular formula is C12H13N3O4. The van der Waals surface area contributed by atoms with Gasteiger partial charge in [-0.3, -0.25) is 14.9 Å². The van der Waals surface area contributed by atoms with Crippen molar-refractivity contribution < 1.29 is 19.1 Å². The van der Waals surface area contributed by atoms with Crippen molar-refractivity contribution in [1.29, 1.82) is 0 Å². The summed E-state index contributed by atoms with van der Waals surface area (Å²) in [4.78, 5) is 33.5. The monoisotopic (exact) mass is 263 g/mol. The number of ether oxygens (including phenoxy) is 1. The van der Waals surface area contributed by atoms with Gasteiger partial charge < -0.3 is 15.8 Å². The Kier molecular flexibility index (Phi) is 3.12. The summed E-state index contributed by atoms with van der Waals surface area (Å²) >= 11 is 0. The molecule has 0 unspecified atom stereocenters. The summed E-state index contributed by atoms with van der Waals surface area (Å²) < 4.78 is 5.10. The Morgan fingerprint density at radius 2 is 1.95 bits per heavy atom.